The molecule has 1 aromatic carbocycles. The van der Waals surface area contributed by atoms with Crippen LogP contribution in [-0.4, -0.2) is 49.2 Å². The van der Waals surface area contributed by atoms with E-state index in [0.717, 1.165) is 37.8 Å². The Morgan fingerprint density at radius 2 is 2.12 bits per heavy atom. The Bertz CT molecular complexity index is 580. The molecule has 3 rings (SSSR count). The topological polar surface area (TPSA) is 48.9 Å². The van der Waals surface area contributed by atoms with Crippen molar-refractivity contribution in [1.29, 1.82) is 0 Å². The highest BCUT2D eigenvalue weighted by Crippen LogP contribution is 2.39. The van der Waals surface area contributed by atoms with Crippen molar-refractivity contribution in [3.8, 4) is 5.75 Å². The van der Waals surface area contributed by atoms with Crippen molar-refractivity contribution in [2.45, 2.75) is 45.3 Å². The molecule has 2 N–H and O–H groups in total. The fourth-order valence-electron chi connectivity index (χ4n) is 3.32. The Hall–Kier alpha value is -1.75. The summed E-state index contributed by atoms with van der Waals surface area (Å²) in [6.45, 7) is 11.6. The minimum atomic E-state index is -0.180. The molecule has 5 heteroatoms. The third-order valence-electron chi connectivity index (χ3n) is 4.67. The highest BCUT2D eigenvalue weighted by Gasteiger charge is 2.33. The number of nitrogens with one attached hydrogen (secondary N) is 2. The molecule has 132 valence electrons. The molecule has 2 heterocycles. The standard InChI is InChI=1S/C19H30N4O/c1-4-20-18(21-10-13-23-11-7-12-23)22-16-14-19(2,3)24-17-9-6-5-8-15(16)17/h5-6,8-9,16H,4,7,10-14H2,1-3H3,(H2,20,21,22). The molecule has 1 unspecified atom stereocenters. The lowest BCUT2D eigenvalue weighted by molar-refractivity contribution is 0.0694. The first-order chi connectivity index (χ1) is 11.6. The maximum atomic E-state index is 6.12. The van der Waals surface area contributed by atoms with Crippen LogP contribution in [0.15, 0.2) is 29.3 Å². The Balaban J connectivity index is 1.69. The van der Waals surface area contributed by atoms with Crippen LogP contribution in [0.3, 0.4) is 0 Å². The number of para-hydroxylation sites is 1. The van der Waals surface area contributed by atoms with E-state index in [4.69, 9.17) is 9.73 Å². The van der Waals surface area contributed by atoms with Gasteiger partial charge in [-0.2, -0.15) is 0 Å². The van der Waals surface area contributed by atoms with Crippen LogP contribution in [0.1, 0.15) is 45.2 Å². The van der Waals surface area contributed by atoms with E-state index in [9.17, 15) is 0 Å². The molecule has 0 saturated carbocycles. The first-order valence-electron chi connectivity index (χ1n) is 9.12. The van der Waals surface area contributed by atoms with Crippen LogP contribution in [0.4, 0.5) is 0 Å². The van der Waals surface area contributed by atoms with Crippen LogP contribution >= 0.6 is 0 Å². The fourth-order valence-corrected chi connectivity index (χ4v) is 3.32. The van der Waals surface area contributed by atoms with Crippen LogP contribution < -0.4 is 15.4 Å². The van der Waals surface area contributed by atoms with E-state index in [2.05, 4.69) is 54.5 Å². The molecule has 24 heavy (non-hydrogen) atoms. The first-order valence-corrected chi connectivity index (χ1v) is 9.12. The third kappa shape index (κ3) is 4.20. The van der Waals surface area contributed by atoms with E-state index in [1.165, 1.54) is 25.1 Å². The Morgan fingerprint density at radius 3 is 2.83 bits per heavy atom. The zero-order valence-corrected chi connectivity index (χ0v) is 15.1. The van der Waals surface area contributed by atoms with E-state index in [1.54, 1.807) is 0 Å². The van der Waals surface area contributed by atoms with E-state index in [0.29, 0.717) is 0 Å². The van der Waals surface area contributed by atoms with Crippen LogP contribution in [0.25, 0.3) is 0 Å². The second kappa shape index (κ2) is 7.43. The van der Waals surface area contributed by atoms with Gasteiger partial charge in [-0.1, -0.05) is 18.2 Å². The van der Waals surface area contributed by atoms with Crippen molar-refractivity contribution in [3.63, 3.8) is 0 Å². The summed E-state index contributed by atoms with van der Waals surface area (Å²) in [5, 5.41) is 7.00. The highest BCUT2D eigenvalue weighted by molar-refractivity contribution is 5.80. The molecule has 1 atom stereocenters. The van der Waals surface area contributed by atoms with Gasteiger partial charge in [-0.25, -0.2) is 0 Å². The molecule has 1 aromatic rings. The zero-order valence-electron chi connectivity index (χ0n) is 15.1. The lowest BCUT2D eigenvalue weighted by Gasteiger charge is -2.38. The zero-order chi connectivity index (χ0) is 17.0. The number of hydrogen-bond donors (Lipinski definition) is 2. The van der Waals surface area contributed by atoms with Gasteiger partial charge in [-0.3, -0.25) is 4.99 Å². The summed E-state index contributed by atoms with van der Waals surface area (Å²) >= 11 is 0. The van der Waals surface area contributed by atoms with E-state index in [-0.39, 0.29) is 11.6 Å². The van der Waals surface area contributed by atoms with E-state index >= 15 is 0 Å². The van der Waals surface area contributed by atoms with Gasteiger partial charge in [0.05, 0.1) is 12.6 Å². The van der Waals surface area contributed by atoms with Gasteiger partial charge in [0.25, 0.3) is 0 Å². The second-order valence-corrected chi connectivity index (χ2v) is 7.26. The number of benzene rings is 1. The number of aliphatic imine (C=N–C) groups is 1. The quantitative estimate of drug-likeness (QED) is 0.643. The van der Waals surface area contributed by atoms with Gasteiger partial charge in [-0.15, -0.1) is 0 Å². The van der Waals surface area contributed by atoms with Crippen LogP contribution in [0, 0.1) is 0 Å². The first kappa shape index (κ1) is 17.1. The SMILES string of the molecule is CCNC(=NCCN1CCC1)NC1CC(C)(C)Oc2ccccc21. The third-order valence-corrected chi connectivity index (χ3v) is 4.67. The lowest BCUT2D eigenvalue weighted by Crippen LogP contribution is -2.45. The summed E-state index contributed by atoms with van der Waals surface area (Å²) in [6.07, 6.45) is 2.25. The molecule has 1 saturated heterocycles. The van der Waals surface area contributed by atoms with Gasteiger partial charge < -0.3 is 20.3 Å². The minimum Gasteiger partial charge on any atom is -0.487 e. The number of nitrogens with zero attached hydrogens (tertiary/aromatic N) is 2. The summed E-state index contributed by atoms with van der Waals surface area (Å²) in [5.74, 6) is 1.87. The van der Waals surface area contributed by atoms with Gasteiger partial charge in [0.15, 0.2) is 5.96 Å². The molecule has 1 fully saturated rings. The van der Waals surface area contributed by atoms with Crippen molar-refractivity contribution < 1.29 is 4.74 Å². The summed E-state index contributed by atoms with van der Waals surface area (Å²) in [7, 11) is 0. The number of ether oxygens (including phenoxy) is 1. The Kier molecular flexibility index (Phi) is 5.29. The van der Waals surface area contributed by atoms with Crippen LogP contribution in [0.2, 0.25) is 0 Å². The largest absolute Gasteiger partial charge is 0.487 e. The average molecular weight is 330 g/mol. The van der Waals surface area contributed by atoms with Gasteiger partial charge >= 0.3 is 0 Å². The monoisotopic (exact) mass is 330 g/mol. The lowest BCUT2D eigenvalue weighted by atomic mass is 9.90. The second-order valence-electron chi connectivity index (χ2n) is 7.26. The molecule has 2 aliphatic heterocycles. The molecular formula is C19H30N4O. The van der Waals surface area contributed by atoms with Crippen molar-refractivity contribution in [1.82, 2.24) is 15.5 Å². The molecule has 0 bridgehead atoms. The Labute approximate surface area is 145 Å². The number of rotatable bonds is 5. The van der Waals surface area contributed by atoms with Gasteiger partial charge in [0.2, 0.25) is 0 Å². The highest BCUT2D eigenvalue weighted by atomic mass is 16.5. The van der Waals surface area contributed by atoms with Crippen molar-refractivity contribution in [3.05, 3.63) is 29.8 Å². The Morgan fingerprint density at radius 1 is 1.33 bits per heavy atom. The predicted molar refractivity (Wildman–Crippen MR) is 98.7 cm³/mol. The normalized spacial score (nSPS) is 23.0. The van der Waals surface area contributed by atoms with Crippen LogP contribution in [0.5, 0.6) is 5.75 Å². The van der Waals surface area contributed by atoms with Gasteiger partial charge in [-0.05, 0) is 46.3 Å². The number of guanidine groups is 1. The number of hydrogen-bond acceptors (Lipinski definition) is 3. The van der Waals surface area contributed by atoms with Crippen molar-refractivity contribution in [2.24, 2.45) is 4.99 Å². The van der Waals surface area contributed by atoms with Crippen LogP contribution in [-0.2, 0) is 0 Å². The molecule has 5 nitrogen and oxygen atoms in total. The predicted octanol–water partition coefficient (Wildman–Crippen LogP) is 2.55. The molecule has 2 aliphatic rings. The number of fused-ring (bicyclic) bond motifs is 1. The number of likely N-dealkylation sites (tertiary alicyclic amines) is 1. The molecule has 0 radical (unpaired) electrons. The minimum absolute atomic E-state index is 0.180. The van der Waals surface area contributed by atoms with Crippen molar-refractivity contribution in [2.75, 3.05) is 32.7 Å². The fraction of sp³-hybridized carbons (Fsp3) is 0.632. The molecule has 0 aliphatic carbocycles. The van der Waals surface area contributed by atoms with E-state index < -0.39 is 0 Å². The molecular weight excluding hydrogens is 300 g/mol. The summed E-state index contributed by atoms with van der Waals surface area (Å²) < 4.78 is 6.12. The molecule has 0 amide bonds. The van der Waals surface area contributed by atoms with E-state index in [1.807, 2.05) is 6.07 Å². The van der Waals surface area contributed by atoms with Crippen molar-refractivity contribution >= 4 is 5.96 Å². The maximum absolute atomic E-state index is 6.12. The smallest absolute Gasteiger partial charge is 0.191 e. The van der Waals surface area contributed by atoms with Gasteiger partial charge in [0, 0.05) is 25.1 Å². The average Bonchev–Trinajstić information content (AvgIpc) is 2.48. The summed E-state index contributed by atoms with van der Waals surface area (Å²) in [6, 6.07) is 8.52. The maximum Gasteiger partial charge on any atom is 0.191 e. The summed E-state index contributed by atoms with van der Waals surface area (Å²) in [5.41, 5.74) is 1.03. The molecule has 0 aromatic heterocycles. The van der Waals surface area contributed by atoms with Gasteiger partial charge in [0.1, 0.15) is 11.4 Å². The molecule has 0 spiro atoms. The summed E-state index contributed by atoms with van der Waals surface area (Å²) in [4.78, 5) is 7.21.